The van der Waals surface area contributed by atoms with Gasteiger partial charge in [-0.15, -0.1) is 11.7 Å². The second kappa shape index (κ2) is 7.32. The lowest BCUT2D eigenvalue weighted by atomic mass is 10.1. The highest BCUT2D eigenvalue weighted by Gasteiger charge is 1.98. The van der Waals surface area contributed by atoms with E-state index in [1.807, 2.05) is 0 Å². The fraction of sp³-hybridized carbons (Fsp3) is 1.00. The number of nitrogens with zero attached hydrogens (tertiary/aromatic N) is 1. The fourth-order valence-corrected chi connectivity index (χ4v) is 1.85. The maximum absolute atomic E-state index is 4.10. The van der Waals surface area contributed by atoms with Crippen molar-refractivity contribution >= 4 is 22.5 Å². The maximum atomic E-state index is 4.10. The van der Waals surface area contributed by atoms with Gasteiger partial charge in [0.25, 0.3) is 0 Å². The molecule has 0 N–H and O–H groups in total. The van der Waals surface area contributed by atoms with Crippen LogP contribution in [0, 0.1) is 5.92 Å². The smallest absolute Gasteiger partial charge is 0.0543 e. The summed E-state index contributed by atoms with van der Waals surface area (Å²) in [5.41, 5.74) is 0. The van der Waals surface area contributed by atoms with Gasteiger partial charge in [-0.1, -0.05) is 24.6 Å². The first kappa shape index (κ1) is 11.7. The number of rotatable bonds is 6. The van der Waals surface area contributed by atoms with Crippen molar-refractivity contribution in [1.82, 2.24) is 4.90 Å². The molecule has 0 radical (unpaired) electrons. The molecule has 0 saturated carbocycles. The molecule has 0 heterocycles. The van der Waals surface area contributed by atoms with E-state index in [0.717, 1.165) is 11.8 Å². The summed E-state index contributed by atoms with van der Waals surface area (Å²) >= 11 is 4.10. The van der Waals surface area contributed by atoms with Crippen LogP contribution in [0.5, 0.6) is 0 Å². The molecular weight excluding hydrogens is 174 g/mol. The third-order valence-corrected chi connectivity index (χ3v) is 2.50. The summed E-state index contributed by atoms with van der Waals surface area (Å²) in [5.74, 6) is 1.87. The summed E-state index contributed by atoms with van der Waals surface area (Å²) in [4.78, 5) is 2.31. The van der Waals surface area contributed by atoms with Crippen LogP contribution in [0.3, 0.4) is 0 Å². The Morgan fingerprint density at radius 2 is 2.09 bits per heavy atom. The van der Waals surface area contributed by atoms with Crippen LogP contribution >= 0.6 is 22.5 Å². The third-order valence-electron chi connectivity index (χ3n) is 1.60. The van der Waals surface area contributed by atoms with Crippen LogP contribution in [-0.2, 0) is 0 Å². The lowest BCUT2D eigenvalue weighted by Gasteiger charge is -2.14. The van der Waals surface area contributed by atoms with E-state index in [1.54, 1.807) is 10.8 Å². The molecule has 0 amide bonds. The van der Waals surface area contributed by atoms with Gasteiger partial charge in [-0.3, -0.25) is 4.90 Å². The minimum atomic E-state index is 0.840. The van der Waals surface area contributed by atoms with Gasteiger partial charge in [0.15, 0.2) is 0 Å². The Kier molecular flexibility index (Phi) is 7.76. The van der Waals surface area contributed by atoms with Crippen molar-refractivity contribution in [1.29, 1.82) is 0 Å². The number of hydrogen-bond donors (Lipinski definition) is 1. The van der Waals surface area contributed by atoms with Crippen LogP contribution in [0.25, 0.3) is 0 Å². The highest BCUT2D eigenvalue weighted by molar-refractivity contribution is 8.68. The molecular formula is C8H19NS2. The van der Waals surface area contributed by atoms with Crippen molar-refractivity contribution in [3.8, 4) is 0 Å². The first-order valence-electron chi connectivity index (χ1n) is 4.11. The molecule has 0 saturated heterocycles. The molecule has 0 unspecified atom stereocenters. The highest BCUT2D eigenvalue weighted by atomic mass is 33.1. The molecule has 0 aromatic heterocycles. The van der Waals surface area contributed by atoms with Crippen molar-refractivity contribution in [2.24, 2.45) is 5.92 Å². The molecule has 3 heteroatoms. The van der Waals surface area contributed by atoms with Crippen LogP contribution in [-0.4, -0.2) is 24.4 Å². The topological polar surface area (TPSA) is 3.24 Å². The average Bonchev–Trinajstić information content (AvgIpc) is 1.87. The first-order chi connectivity index (χ1) is 5.16. The van der Waals surface area contributed by atoms with Gasteiger partial charge in [0.05, 0.1) is 5.88 Å². The molecule has 0 aromatic rings. The van der Waals surface area contributed by atoms with Crippen molar-refractivity contribution in [3.05, 3.63) is 0 Å². The van der Waals surface area contributed by atoms with Crippen LogP contribution < -0.4 is 0 Å². The monoisotopic (exact) mass is 193 g/mol. The Balaban J connectivity index is 3.10. The Morgan fingerprint density at radius 1 is 1.45 bits per heavy atom. The minimum absolute atomic E-state index is 0.840. The lowest BCUT2D eigenvalue weighted by molar-refractivity contribution is 0.367. The third kappa shape index (κ3) is 8.57. The molecule has 0 aliphatic heterocycles. The van der Waals surface area contributed by atoms with Crippen molar-refractivity contribution in [2.45, 2.75) is 26.7 Å². The molecule has 68 valence electrons. The van der Waals surface area contributed by atoms with Gasteiger partial charge >= 0.3 is 0 Å². The SMILES string of the molecule is CC(C)CCCN(C)CSS. The summed E-state index contributed by atoms with van der Waals surface area (Å²) in [6.07, 6.45) is 2.64. The second-order valence-corrected chi connectivity index (χ2v) is 4.66. The molecule has 1 nitrogen and oxygen atoms in total. The minimum Gasteiger partial charge on any atom is -0.296 e. The van der Waals surface area contributed by atoms with Crippen LogP contribution in [0.2, 0.25) is 0 Å². The zero-order valence-corrected chi connectivity index (χ0v) is 9.42. The summed E-state index contributed by atoms with van der Waals surface area (Å²) in [6.45, 7) is 5.74. The number of thiol groups is 1. The van der Waals surface area contributed by atoms with E-state index in [9.17, 15) is 0 Å². The quantitative estimate of drug-likeness (QED) is 0.392. The first-order valence-corrected chi connectivity index (χ1v) is 6.15. The summed E-state index contributed by atoms with van der Waals surface area (Å²) < 4.78 is 0. The van der Waals surface area contributed by atoms with Gasteiger partial charge in [-0.2, -0.15) is 0 Å². The van der Waals surface area contributed by atoms with E-state index >= 15 is 0 Å². The molecule has 0 atom stereocenters. The standard InChI is InChI=1S/C8H19NS2/c1-8(2)5-4-6-9(3)7-11-10/h8,10H,4-7H2,1-3H3. The van der Waals surface area contributed by atoms with E-state index in [2.05, 4.69) is 37.5 Å². The van der Waals surface area contributed by atoms with Gasteiger partial charge in [0, 0.05) is 0 Å². The normalized spacial score (nSPS) is 11.5. The average molecular weight is 193 g/mol. The molecule has 0 rings (SSSR count). The zero-order chi connectivity index (χ0) is 8.69. The van der Waals surface area contributed by atoms with Crippen LogP contribution in [0.15, 0.2) is 0 Å². The number of hydrogen-bond acceptors (Lipinski definition) is 3. The molecule has 0 spiro atoms. The van der Waals surface area contributed by atoms with Gasteiger partial charge in [-0.25, -0.2) is 0 Å². The molecule has 0 aliphatic carbocycles. The zero-order valence-electron chi connectivity index (χ0n) is 7.71. The highest BCUT2D eigenvalue weighted by Crippen LogP contribution is 2.08. The van der Waals surface area contributed by atoms with E-state index < -0.39 is 0 Å². The Bertz CT molecular complexity index is 86.2. The Morgan fingerprint density at radius 3 is 2.55 bits per heavy atom. The van der Waals surface area contributed by atoms with Gasteiger partial charge in [0.2, 0.25) is 0 Å². The van der Waals surface area contributed by atoms with Crippen LogP contribution in [0.4, 0.5) is 0 Å². The summed E-state index contributed by atoms with van der Waals surface area (Å²) in [5, 5.41) is 0. The van der Waals surface area contributed by atoms with Crippen molar-refractivity contribution < 1.29 is 0 Å². The fourth-order valence-electron chi connectivity index (χ4n) is 0.933. The van der Waals surface area contributed by atoms with E-state index in [1.165, 1.54) is 19.4 Å². The van der Waals surface area contributed by atoms with Crippen molar-refractivity contribution in [2.75, 3.05) is 19.5 Å². The van der Waals surface area contributed by atoms with Crippen LogP contribution in [0.1, 0.15) is 26.7 Å². The van der Waals surface area contributed by atoms with E-state index in [4.69, 9.17) is 0 Å². The summed E-state index contributed by atoms with van der Waals surface area (Å²) in [6, 6.07) is 0. The molecule has 0 aromatic carbocycles. The van der Waals surface area contributed by atoms with Gasteiger partial charge in [0.1, 0.15) is 0 Å². The predicted octanol–water partition coefficient (Wildman–Crippen LogP) is 2.89. The van der Waals surface area contributed by atoms with E-state index in [-0.39, 0.29) is 0 Å². The van der Waals surface area contributed by atoms with Gasteiger partial charge < -0.3 is 0 Å². The Hall–Kier alpha value is 0.660. The summed E-state index contributed by atoms with van der Waals surface area (Å²) in [7, 11) is 3.73. The van der Waals surface area contributed by atoms with Crippen molar-refractivity contribution in [3.63, 3.8) is 0 Å². The largest absolute Gasteiger partial charge is 0.296 e. The molecule has 0 bridgehead atoms. The second-order valence-electron chi connectivity index (χ2n) is 3.37. The van der Waals surface area contributed by atoms with Gasteiger partial charge in [-0.05, 0) is 32.4 Å². The van der Waals surface area contributed by atoms with E-state index in [0.29, 0.717) is 0 Å². The predicted molar refractivity (Wildman–Crippen MR) is 58.1 cm³/mol. The molecule has 11 heavy (non-hydrogen) atoms. The molecule has 0 fully saturated rings. The lowest BCUT2D eigenvalue weighted by Crippen LogP contribution is -2.18. The molecule has 0 aliphatic rings. The maximum Gasteiger partial charge on any atom is 0.0543 e. The Labute approximate surface area is 79.7 Å².